The second-order valence-corrected chi connectivity index (χ2v) is 3.57. The van der Waals surface area contributed by atoms with E-state index in [-0.39, 0.29) is 0 Å². The summed E-state index contributed by atoms with van der Waals surface area (Å²) < 4.78 is 0. The van der Waals surface area contributed by atoms with Crippen LogP contribution < -0.4 is 0 Å². The molecule has 14 heavy (non-hydrogen) atoms. The lowest BCUT2D eigenvalue weighted by Gasteiger charge is -1.94. The highest BCUT2D eigenvalue weighted by molar-refractivity contribution is 5.07. The molecule has 0 amide bonds. The minimum Gasteiger partial charge on any atom is -0.0845 e. The molecule has 0 heterocycles. The van der Waals surface area contributed by atoms with Crippen molar-refractivity contribution in [3.05, 3.63) is 48.6 Å². The van der Waals surface area contributed by atoms with Gasteiger partial charge in [-0.2, -0.15) is 0 Å². The van der Waals surface area contributed by atoms with Crippen LogP contribution >= 0.6 is 0 Å². The fourth-order valence-corrected chi connectivity index (χ4v) is 1.42. The number of allylic oxidation sites excluding steroid dienone is 8. The van der Waals surface area contributed by atoms with Crippen LogP contribution in [0.15, 0.2) is 48.6 Å². The summed E-state index contributed by atoms with van der Waals surface area (Å²) in [6.45, 7) is 0. The highest BCUT2D eigenvalue weighted by atomic mass is 13.9. The molecular formula is C14H20. The van der Waals surface area contributed by atoms with Crippen molar-refractivity contribution in [1.82, 2.24) is 0 Å². The third kappa shape index (κ3) is 6.47. The Balaban J connectivity index is 0.000000146. The van der Waals surface area contributed by atoms with Gasteiger partial charge < -0.3 is 0 Å². The fourth-order valence-electron chi connectivity index (χ4n) is 1.42. The summed E-state index contributed by atoms with van der Waals surface area (Å²) >= 11 is 0. The first-order valence-corrected chi connectivity index (χ1v) is 5.63. The van der Waals surface area contributed by atoms with E-state index in [1.54, 1.807) is 0 Å². The van der Waals surface area contributed by atoms with Crippen molar-refractivity contribution < 1.29 is 0 Å². The second-order valence-electron chi connectivity index (χ2n) is 3.57. The van der Waals surface area contributed by atoms with Gasteiger partial charge in [0.1, 0.15) is 0 Å². The second kappa shape index (κ2) is 8.55. The molecule has 0 spiro atoms. The number of hydrogen-bond acceptors (Lipinski definition) is 0. The predicted octanol–water partition coefficient (Wildman–Crippen LogP) is 4.57. The van der Waals surface area contributed by atoms with Gasteiger partial charge in [-0.3, -0.25) is 0 Å². The Morgan fingerprint density at radius 1 is 0.429 bits per heavy atom. The van der Waals surface area contributed by atoms with Crippen LogP contribution in [-0.2, 0) is 0 Å². The Bertz CT molecular complexity index is 202. The zero-order valence-corrected chi connectivity index (χ0v) is 8.86. The molecular weight excluding hydrogens is 168 g/mol. The van der Waals surface area contributed by atoms with Gasteiger partial charge in [0.15, 0.2) is 0 Å². The van der Waals surface area contributed by atoms with E-state index >= 15 is 0 Å². The smallest absolute Gasteiger partial charge is 0.0313 e. The average Bonchev–Trinajstić information content (AvgIpc) is 2.20. The van der Waals surface area contributed by atoms with Crippen LogP contribution in [-0.4, -0.2) is 0 Å². The van der Waals surface area contributed by atoms with Crippen molar-refractivity contribution in [3.8, 4) is 0 Å². The van der Waals surface area contributed by atoms with Gasteiger partial charge in [0.2, 0.25) is 0 Å². The SMILES string of the molecule is C1=CCCC=C1.C1=C\CCCC\C=C/1. The van der Waals surface area contributed by atoms with Gasteiger partial charge in [0.05, 0.1) is 0 Å². The fraction of sp³-hybridized carbons (Fsp3) is 0.429. The Hall–Kier alpha value is -1.04. The van der Waals surface area contributed by atoms with Crippen LogP contribution in [0.2, 0.25) is 0 Å². The highest BCUT2D eigenvalue weighted by Gasteiger charge is 1.84. The minimum atomic E-state index is 1.23. The van der Waals surface area contributed by atoms with Crippen molar-refractivity contribution in [1.29, 1.82) is 0 Å². The molecule has 0 fully saturated rings. The largest absolute Gasteiger partial charge is 0.0845 e. The third-order valence-electron chi connectivity index (χ3n) is 2.26. The maximum absolute atomic E-state index is 2.23. The van der Waals surface area contributed by atoms with Crippen LogP contribution in [0.1, 0.15) is 38.5 Å². The standard InChI is InChI=1S/C8H12.C6H8/c1-2-4-6-8-7-5-3-1;1-2-4-6-5-3-1/h1-4H,5-8H2;1-4H,5-6H2/b3-1-,4-2-;. The molecule has 0 aliphatic heterocycles. The lowest BCUT2D eigenvalue weighted by atomic mass is 10.1. The Morgan fingerprint density at radius 3 is 1.14 bits per heavy atom. The van der Waals surface area contributed by atoms with E-state index in [4.69, 9.17) is 0 Å². The molecule has 0 heteroatoms. The Morgan fingerprint density at radius 2 is 0.786 bits per heavy atom. The van der Waals surface area contributed by atoms with Crippen molar-refractivity contribution >= 4 is 0 Å². The van der Waals surface area contributed by atoms with Gasteiger partial charge in [0, 0.05) is 0 Å². The molecule has 0 saturated heterocycles. The van der Waals surface area contributed by atoms with Crippen molar-refractivity contribution in [2.45, 2.75) is 38.5 Å². The summed E-state index contributed by atoms with van der Waals surface area (Å²) in [5.41, 5.74) is 0. The lowest BCUT2D eigenvalue weighted by Crippen LogP contribution is -1.74. The Labute approximate surface area is 87.7 Å². The van der Waals surface area contributed by atoms with E-state index < -0.39 is 0 Å². The van der Waals surface area contributed by atoms with Crippen LogP contribution in [0.4, 0.5) is 0 Å². The van der Waals surface area contributed by atoms with Gasteiger partial charge in [-0.15, -0.1) is 0 Å². The topological polar surface area (TPSA) is 0 Å². The summed E-state index contributed by atoms with van der Waals surface area (Å²) in [6.07, 6.45) is 25.0. The first kappa shape index (κ1) is 11.0. The van der Waals surface area contributed by atoms with E-state index in [1.165, 1.54) is 38.5 Å². The molecule has 0 aromatic heterocycles. The van der Waals surface area contributed by atoms with E-state index in [0.29, 0.717) is 0 Å². The van der Waals surface area contributed by atoms with Gasteiger partial charge in [-0.05, 0) is 38.5 Å². The molecule has 76 valence electrons. The van der Waals surface area contributed by atoms with Crippen LogP contribution in [0.5, 0.6) is 0 Å². The Kier molecular flexibility index (Phi) is 6.74. The first-order valence-electron chi connectivity index (χ1n) is 5.63. The van der Waals surface area contributed by atoms with E-state index in [0.717, 1.165) is 0 Å². The quantitative estimate of drug-likeness (QED) is 0.522. The molecule has 2 rings (SSSR count). The van der Waals surface area contributed by atoms with E-state index in [1.807, 2.05) is 0 Å². The summed E-state index contributed by atoms with van der Waals surface area (Å²) in [5, 5.41) is 0. The maximum Gasteiger partial charge on any atom is -0.0313 e. The molecule has 0 aromatic rings. The molecule has 2 aliphatic carbocycles. The van der Waals surface area contributed by atoms with Crippen LogP contribution in [0.25, 0.3) is 0 Å². The molecule has 0 saturated carbocycles. The molecule has 0 unspecified atom stereocenters. The maximum atomic E-state index is 2.23. The molecule has 0 nitrogen and oxygen atoms in total. The zero-order chi connectivity index (χ0) is 9.90. The third-order valence-corrected chi connectivity index (χ3v) is 2.26. The zero-order valence-electron chi connectivity index (χ0n) is 8.86. The average molecular weight is 188 g/mol. The van der Waals surface area contributed by atoms with E-state index in [9.17, 15) is 0 Å². The van der Waals surface area contributed by atoms with Crippen molar-refractivity contribution in [2.24, 2.45) is 0 Å². The summed E-state index contributed by atoms with van der Waals surface area (Å²) in [5.74, 6) is 0. The summed E-state index contributed by atoms with van der Waals surface area (Å²) in [7, 11) is 0. The number of hydrogen-bond donors (Lipinski definition) is 0. The number of rotatable bonds is 0. The van der Waals surface area contributed by atoms with Gasteiger partial charge in [-0.1, -0.05) is 48.6 Å². The van der Waals surface area contributed by atoms with Gasteiger partial charge in [0.25, 0.3) is 0 Å². The first-order chi connectivity index (χ1) is 7.00. The van der Waals surface area contributed by atoms with Gasteiger partial charge >= 0.3 is 0 Å². The lowest BCUT2D eigenvalue weighted by molar-refractivity contribution is 0.758. The normalized spacial score (nSPS) is 24.0. The minimum absolute atomic E-state index is 1.23. The predicted molar refractivity (Wildman–Crippen MR) is 64.3 cm³/mol. The molecule has 0 N–H and O–H groups in total. The summed E-state index contributed by atoms with van der Waals surface area (Å²) in [4.78, 5) is 0. The molecule has 0 radical (unpaired) electrons. The molecule has 2 aliphatic rings. The van der Waals surface area contributed by atoms with Crippen LogP contribution in [0, 0.1) is 0 Å². The monoisotopic (exact) mass is 188 g/mol. The van der Waals surface area contributed by atoms with Gasteiger partial charge in [-0.25, -0.2) is 0 Å². The van der Waals surface area contributed by atoms with Crippen molar-refractivity contribution in [3.63, 3.8) is 0 Å². The highest BCUT2D eigenvalue weighted by Crippen LogP contribution is 2.04. The van der Waals surface area contributed by atoms with Crippen LogP contribution in [0.3, 0.4) is 0 Å². The molecule has 0 aromatic carbocycles. The summed E-state index contributed by atoms with van der Waals surface area (Å²) in [6, 6.07) is 0. The molecule has 0 atom stereocenters. The van der Waals surface area contributed by atoms with E-state index in [2.05, 4.69) is 48.6 Å². The van der Waals surface area contributed by atoms with Crippen molar-refractivity contribution in [2.75, 3.05) is 0 Å². The molecule has 0 bridgehead atoms.